The molecular weight excluding hydrogens is 328 g/mol. The van der Waals surface area contributed by atoms with Crippen LogP contribution in [0.25, 0.3) is 11.4 Å². The molecule has 0 saturated carbocycles. The minimum atomic E-state index is -1.75. The summed E-state index contributed by atoms with van der Waals surface area (Å²) in [6.07, 6.45) is 1.87. The van der Waals surface area contributed by atoms with Crippen molar-refractivity contribution in [2.24, 2.45) is 0 Å². The van der Waals surface area contributed by atoms with Gasteiger partial charge in [-0.15, -0.1) is 0 Å². The second-order valence-corrected chi connectivity index (χ2v) is 6.03. The van der Waals surface area contributed by atoms with E-state index in [2.05, 4.69) is 20.1 Å². The molecule has 1 aromatic carbocycles. The van der Waals surface area contributed by atoms with Crippen LogP contribution in [-0.4, -0.2) is 33.2 Å². The predicted octanol–water partition coefficient (Wildman–Crippen LogP) is 3.05. The van der Waals surface area contributed by atoms with Gasteiger partial charge in [-0.05, 0) is 37.3 Å². The van der Waals surface area contributed by atoms with E-state index in [4.69, 9.17) is 4.52 Å². The summed E-state index contributed by atoms with van der Waals surface area (Å²) in [6, 6.07) is 7.39. The standard InChI is InChI=1S/C17H15F2N5O/c1-11-20-8-6-14(21-11)24-9-7-17(19,10-24)16-22-15(23-25-16)12-2-4-13(18)5-3-12/h2-6,8H,7,9-10H2,1H3. The Labute approximate surface area is 142 Å². The third kappa shape index (κ3) is 2.95. The lowest BCUT2D eigenvalue weighted by molar-refractivity contribution is 0.136. The van der Waals surface area contributed by atoms with Gasteiger partial charge in [-0.25, -0.2) is 18.7 Å². The lowest BCUT2D eigenvalue weighted by Gasteiger charge is -2.18. The monoisotopic (exact) mass is 343 g/mol. The number of anilines is 1. The van der Waals surface area contributed by atoms with E-state index >= 15 is 4.39 Å². The highest BCUT2D eigenvalue weighted by Crippen LogP contribution is 2.37. The van der Waals surface area contributed by atoms with Crippen molar-refractivity contribution >= 4 is 5.82 Å². The normalized spacial score (nSPS) is 20.2. The number of hydrogen-bond donors (Lipinski definition) is 0. The largest absolute Gasteiger partial charge is 0.353 e. The minimum absolute atomic E-state index is 0.0693. The zero-order valence-electron chi connectivity index (χ0n) is 13.5. The van der Waals surface area contributed by atoms with Gasteiger partial charge in [0.2, 0.25) is 11.5 Å². The molecule has 0 spiro atoms. The van der Waals surface area contributed by atoms with Gasteiger partial charge in [0.15, 0.2) is 0 Å². The van der Waals surface area contributed by atoms with Gasteiger partial charge in [0.05, 0.1) is 6.54 Å². The van der Waals surface area contributed by atoms with Crippen molar-refractivity contribution in [3.05, 3.63) is 54.1 Å². The Kier molecular flexibility index (Phi) is 3.67. The second kappa shape index (κ2) is 5.87. The summed E-state index contributed by atoms with van der Waals surface area (Å²) in [6.45, 7) is 2.35. The van der Waals surface area contributed by atoms with Crippen molar-refractivity contribution in [3.8, 4) is 11.4 Å². The molecule has 1 saturated heterocycles. The van der Waals surface area contributed by atoms with Gasteiger partial charge in [-0.3, -0.25) is 0 Å². The molecule has 3 heterocycles. The van der Waals surface area contributed by atoms with Crippen molar-refractivity contribution < 1.29 is 13.3 Å². The number of hydrogen-bond acceptors (Lipinski definition) is 6. The van der Waals surface area contributed by atoms with E-state index in [0.717, 1.165) is 0 Å². The van der Waals surface area contributed by atoms with Crippen LogP contribution in [0.15, 0.2) is 41.1 Å². The molecule has 0 radical (unpaired) electrons. The van der Waals surface area contributed by atoms with E-state index in [1.165, 1.54) is 24.3 Å². The zero-order valence-corrected chi connectivity index (χ0v) is 13.5. The van der Waals surface area contributed by atoms with Crippen LogP contribution in [0, 0.1) is 12.7 Å². The zero-order chi connectivity index (χ0) is 17.4. The number of nitrogens with zero attached hydrogens (tertiary/aromatic N) is 5. The molecule has 0 N–H and O–H groups in total. The summed E-state index contributed by atoms with van der Waals surface area (Å²) in [5.74, 6) is 1.11. The first kappa shape index (κ1) is 15.6. The summed E-state index contributed by atoms with van der Waals surface area (Å²) >= 11 is 0. The highest BCUT2D eigenvalue weighted by Gasteiger charge is 2.45. The minimum Gasteiger partial charge on any atom is -0.353 e. The van der Waals surface area contributed by atoms with E-state index in [0.29, 0.717) is 23.8 Å². The molecule has 128 valence electrons. The smallest absolute Gasteiger partial charge is 0.266 e. The van der Waals surface area contributed by atoms with Crippen molar-refractivity contribution in [3.63, 3.8) is 0 Å². The van der Waals surface area contributed by atoms with Gasteiger partial charge in [-0.2, -0.15) is 4.98 Å². The number of aromatic nitrogens is 4. The molecule has 0 bridgehead atoms. The Hall–Kier alpha value is -2.90. The van der Waals surface area contributed by atoms with E-state index < -0.39 is 5.67 Å². The fourth-order valence-corrected chi connectivity index (χ4v) is 2.88. The van der Waals surface area contributed by atoms with Crippen LogP contribution in [-0.2, 0) is 5.67 Å². The molecule has 8 heteroatoms. The Bertz CT molecular complexity index is 898. The lowest BCUT2D eigenvalue weighted by Crippen LogP contribution is -2.28. The quantitative estimate of drug-likeness (QED) is 0.728. The highest BCUT2D eigenvalue weighted by molar-refractivity contribution is 5.54. The van der Waals surface area contributed by atoms with Gasteiger partial charge in [0, 0.05) is 24.7 Å². The third-order valence-corrected chi connectivity index (χ3v) is 4.22. The first-order valence-corrected chi connectivity index (χ1v) is 7.87. The summed E-state index contributed by atoms with van der Waals surface area (Å²) < 4.78 is 33.5. The summed E-state index contributed by atoms with van der Waals surface area (Å²) in [5, 5.41) is 3.83. The molecule has 1 aliphatic heterocycles. The average molecular weight is 343 g/mol. The average Bonchev–Trinajstić information content (AvgIpc) is 3.24. The molecule has 3 aromatic rings. The molecule has 1 atom stereocenters. The summed E-state index contributed by atoms with van der Waals surface area (Å²) in [7, 11) is 0. The van der Waals surface area contributed by atoms with Crippen molar-refractivity contribution in [2.45, 2.75) is 19.0 Å². The fourth-order valence-electron chi connectivity index (χ4n) is 2.88. The lowest BCUT2D eigenvalue weighted by atomic mass is 10.1. The Balaban J connectivity index is 1.57. The molecule has 1 unspecified atom stereocenters. The van der Waals surface area contributed by atoms with E-state index in [-0.39, 0.29) is 30.5 Å². The van der Waals surface area contributed by atoms with Crippen molar-refractivity contribution in [1.82, 2.24) is 20.1 Å². The first-order valence-electron chi connectivity index (χ1n) is 7.87. The maximum absolute atomic E-state index is 15.3. The van der Waals surface area contributed by atoms with Gasteiger partial charge in [0.25, 0.3) is 5.89 Å². The van der Waals surface area contributed by atoms with Crippen molar-refractivity contribution in [1.29, 1.82) is 0 Å². The van der Waals surface area contributed by atoms with Crippen LogP contribution in [0.3, 0.4) is 0 Å². The molecule has 6 nitrogen and oxygen atoms in total. The Morgan fingerprint density at radius 1 is 1.16 bits per heavy atom. The van der Waals surface area contributed by atoms with Crippen LogP contribution >= 0.6 is 0 Å². The van der Waals surface area contributed by atoms with Crippen LogP contribution in [0.4, 0.5) is 14.6 Å². The molecule has 1 aliphatic rings. The molecule has 1 fully saturated rings. The summed E-state index contributed by atoms with van der Waals surface area (Å²) in [4.78, 5) is 14.4. The number of benzene rings is 1. The van der Waals surface area contributed by atoms with Gasteiger partial charge in [-0.1, -0.05) is 5.16 Å². The number of alkyl halides is 1. The molecule has 2 aromatic heterocycles. The molecule has 4 rings (SSSR count). The predicted molar refractivity (Wildman–Crippen MR) is 86.1 cm³/mol. The SMILES string of the molecule is Cc1nccc(N2CCC(F)(c3nc(-c4ccc(F)cc4)no3)C2)n1. The Morgan fingerprint density at radius 2 is 1.96 bits per heavy atom. The third-order valence-electron chi connectivity index (χ3n) is 4.22. The number of halogens is 2. The van der Waals surface area contributed by atoms with E-state index in [9.17, 15) is 4.39 Å². The van der Waals surface area contributed by atoms with Gasteiger partial charge < -0.3 is 9.42 Å². The molecule has 0 aliphatic carbocycles. The summed E-state index contributed by atoms with van der Waals surface area (Å²) in [5.41, 5.74) is -1.18. The Morgan fingerprint density at radius 3 is 2.72 bits per heavy atom. The van der Waals surface area contributed by atoms with Gasteiger partial charge >= 0.3 is 0 Å². The molecule has 0 amide bonds. The van der Waals surface area contributed by atoms with Gasteiger partial charge in [0.1, 0.15) is 17.5 Å². The number of aryl methyl sites for hydroxylation is 1. The number of rotatable bonds is 3. The molecule has 25 heavy (non-hydrogen) atoms. The van der Waals surface area contributed by atoms with Crippen LogP contribution in [0.2, 0.25) is 0 Å². The maximum Gasteiger partial charge on any atom is 0.266 e. The van der Waals surface area contributed by atoms with E-state index in [1.807, 2.05) is 4.90 Å². The first-order chi connectivity index (χ1) is 12.0. The highest BCUT2D eigenvalue weighted by atomic mass is 19.1. The van der Waals surface area contributed by atoms with Crippen molar-refractivity contribution in [2.75, 3.05) is 18.0 Å². The topological polar surface area (TPSA) is 67.9 Å². The van der Waals surface area contributed by atoms with E-state index in [1.54, 1.807) is 19.2 Å². The second-order valence-electron chi connectivity index (χ2n) is 6.03. The molecular formula is C17H15F2N5O. The van der Waals surface area contributed by atoms with Crippen LogP contribution < -0.4 is 4.90 Å². The maximum atomic E-state index is 15.3. The van der Waals surface area contributed by atoms with Crippen LogP contribution in [0.1, 0.15) is 18.1 Å². The fraction of sp³-hybridized carbons (Fsp3) is 0.294. The van der Waals surface area contributed by atoms with Crippen LogP contribution in [0.5, 0.6) is 0 Å².